The number of hydrogen-bond acceptors (Lipinski definition) is 3. The summed E-state index contributed by atoms with van der Waals surface area (Å²) in [4.78, 5) is 21.7. The topological polar surface area (TPSA) is 46.2 Å². The van der Waals surface area contributed by atoms with E-state index in [0.717, 1.165) is 13.0 Å². The molecule has 78 valence electrons. The van der Waals surface area contributed by atoms with Crippen LogP contribution in [-0.2, 0) is 9.59 Å². The van der Waals surface area contributed by atoms with Crippen LogP contribution in [0.1, 0.15) is 38.5 Å². The molecule has 3 heteroatoms. The Kier molecular flexibility index (Phi) is 2.68. The first-order chi connectivity index (χ1) is 6.76. The molecule has 3 nitrogen and oxygen atoms in total. The van der Waals surface area contributed by atoms with Crippen LogP contribution in [0.2, 0.25) is 0 Å². The Morgan fingerprint density at radius 3 is 2.64 bits per heavy atom. The Balaban J connectivity index is 2.03. The number of aldehydes is 1. The summed E-state index contributed by atoms with van der Waals surface area (Å²) < 4.78 is 0. The molecule has 0 radical (unpaired) electrons. The molecule has 14 heavy (non-hydrogen) atoms. The summed E-state index contributed by atoms with van der Waals surface area (Å²) in [7, 11) is 0. The van der Waals surface area contributed by atoms with E-state index in [1.54, 1.807) is 0 Å². The summed E-state index contributed by atoms with van der Waals surface area (Å²) in [6.07, 6.45) is 7.60. The second-order valence-corrected chi connectivity index (χ2v) is 4.69. The Morgan fingerprint density at radius 2 is 2.00 bits per heavy atom. The van der Waals surface area contributed by atoms with E-state index < -0.39 is 0 Å². The van der Waals surface area contributed by atoms with Crippen LogP contribution in [0.25, 0.3) is 0 Å². The van der Waals surface area contributed by atoms with Crippen molar-refractivity contribution in [3.8, 4) is 0 Å². The van der Waals surface area contributed by atoms with Crippen molar-refractivity contribution in [3.63, 3.8) is 0 Å². The molecule has 0 aromatic carbocycles. The van der Waals surface area contributed by atoms with Crippen molar-refractivity contribution in [2.24, 2.45) is 5.41 Å². The van der Waals surface area contributed by atoms with Gasteiger partial charge >= 0.3 is 0 Å². The van der Waals surface area contributed by atoms with Crippen molar-refractivity contribution in [3.05, 3.63) is 0 Å². The molecule has 0 bridgehead atoms. The SMILES string of the molecule is O=CC(=O)C1CC2(CCCC2)CCN1. The van der Waals surface area contributed by atoms with Crippen molar-refractivity contribution in [2.45, 2.75) is 44.6 Å². The van der Waals surface area contributed by atoms with E-state index >= 15 is 0 Å². The number of ketones is 1. The van der Waals surface area contributed by atoms with E-state index in [1.165, 1.54) is 32.1 Å². The van der Waals surface area contributed by atoms with Crippen LogP contribution in [0, 0.1) is 5.41 Å². The molecule has 1 spiro atoms. The number of hydrogen-bond donors (Lipinski definition) is 1. The standard InChI is InChI=1S/C11H17NO2/c13-8-10(14)9-7-11(5-6-12-9)3-1-2-4-11/h8-9,12H,1-7H2. The highest BCUT2D eigenvalue weighted by molar-refractivity contribution is 6.27. The largest absolute Gasteiger partial charge is 0.307 e. The van der Waals surface area contributed by atoms with E-state index in [-0.39, 0.29) is 11.8 Å². The lowest BCUT2D eigenvalue weighted by atomic mass is 9.74. The molecule has 1 heterocycles. The summed E-state index contributed by atoms with van der Waals surface area (Å²) in [5.41, 5.74) is 0.384. The fourth-order valence-electron chi connectivity index (χ4n) is 2.98. The van der Waals surface area contributed by atoms with Crippen LogP contribution >= 0.6 is 0 Å². The zero-order valence-electron chi connectivity index (χ0n) is 8.42. The highest BCUT2D eigenvalue weighted by Gasteiger charge is 2.40. The Bertz CT molecular complexity index is 244. The summed E-state index contributed by atoms with van der Waals surface area (Å²) in [5, 5.41) is 3.14. The third-order valence-corrected chi connectivity index (χ3v) is 3.81. The van der Waals surface area contributed by atoms with Gasteiger partial charge in [-0.2, -0.15) is 0 Å². The van der Waals surface area contributed by atoms with Gasteiger partial charge in [0.1, 0.15) is 0 Å². The Hall–Kier alpha value is -0.700. The predicted molar refractivity (Wildman–Crippen MR) is 53.0 cm³/mol. The molecule has 1 N–H and O–H groups in total. The Labute approximate surface area is 84.2 Å². The molecule has 1 unspecified atom stereocenters. The first-order valence-corrected chi connectivity index (χ1v) is 5.48. The van der Waals surface area contributed by atoms with Gasteiger partial charge in [0, 0.05) is 0 Å². The van der Waals surface area contributed by atoms with Crippen LogP contribution in [0.15, 0.2) is 0 Å². The molecule has 1 aliphatic heterocycles. The molecule has 0 aromatic rings. The van der Waals surface area contributed by atoms with Crippen molar-refractivity contribution < 1.29 is 9.59 Å². The fraction of sp³-hybridized carbons (Fsp3) is 0.818. The van der Waals surface area contributed by atoms with Crippen molar-refractivity contribution in [1.29, 1.82) is 0 Å². The average Bonchev–Trinajstić information content (AvgIpc) is 2.65. The van der Waals surface area contributed by atoms with Gasteiger partial charge in [-0.05, 0) is 37.6 Å². The normalized spacial score (nSPS) is 30.4. The minimum atomic E-state index is -0.268. The van der Waals surface area contributed by atoms with Crippen LogP contribution in [0.3, 0.4) is 0 Å². The third-order valence-electron chi connectivity index (χ3n) is 3.81. The van der Waals surface area contributed by atoms with Gasteiger partial charge in [-0.1, -0.05) is 12.8 Å². The number of carbonyl (C=O) groups is 2. The maximum absolute atomic E-state index is 11.3. The van der Waals surface area contributed by atoms with Gasteiger partial charge in [0.25, 0.3) is 0 Å². The van der Waals surface area contributed by atoms with E-state index in [9.17, 15) is 9.59 Å². The lowest BCUT2D eigenvalue weighted by Gasteiger charge is -2.37. The predicted octanol–water partition coefficient (Wildman–Crippen LogP) is 1.07. The second-order valence-electron chi connectivity index (χ2n) is 4.69. The van der Waals surface area contributed by atoms with Crippen LogP contribution in [-0.4, -0.2) is 24.7 Å². The lowest BCUT2D eigenvalue weighted by Crippen LogP contribution is -2.47. The summed E-state index contributed by atoms with van der Waals surface area (Å²) in [6, 6.07) is -0.195. The number of rotatable bonds is 2. The second kappa shape index (κ2) is 3.81. The maximum atomic E-state index is 11.3. The highest BCUT2D eigenvalue weighted by Crippen LogP contribution is 2.46. The molecular formula is C11H17NO2. The summed E-state index contributed by atoms with van der Waals surface area (Å²) in [6.45, 7) is 0.893. The zero-order chi connectivity index (χ0) is 10.0. The third kappa shape index (κ3) is 1.73. The first kappa shape index (κ1) is 9.84. The van der Waals surface area contributed by atoms with Gasteiger partial charge in [0.05, 0.1) is 6.04 Å². The molecule has 1 saturated carbocycles. The Morgan fingerprint density at radius 1 is 1.29 bits per heavy atom. The first-order valence-electron chi connectivity index (χ1n) is 5.48. The molecule has 0 aromatic heterocycles. The molecule has 2 aliphatic rings. The van der Waals surface area contributed by atoms with E-state index in [1.807, 2.05) is 0 Å². The van der Waals surface area contributed by atoms with Crippen LogP contribution < -0.4 is 5.32 Å². The zero-order valence-corrected chi connectivity index (χ0v) is 8.42. The monoisotopic (exact) mass is 195 g/mol. The molecule has 2 fully saturated rings. The summed E-state index contributed by atoms with van der Waals surface area (Å²) >= 11 is 0. The molecule has 2 rings (SSSR count). The van der Waals surface area contributed by atoms with Gasteiger partial charge in [-0.15, -0.1) is 0 Å². The van der Waals surface area contributed by atoms with Crippen LogP contribution in [0.5, 0.6) is 0 Å². The highest BCUT2D eigenvalue weighted by atomic mass is 16.2. The van der Waals surface area contributed by atoms with E-state index in [4.69, 9.17) is 0 Å². The lowest BCUT2D eigenvalue weighted by molar-refractivity contribution is -0.132. The van der Waals surface area contributed by atoms with Gasteiger partial charge in [0.15, 0.2) is 6.29 Å². The number of piperidine rings is 1. The van der Waals surface area contributed by atoms with Crippen molar-refractivity contribution in [1.82, 2.24) is 5.32 Å². The smallest absolute Gasteiger partial charge is 0.212 e. The number of nitrogens with one attached hydrogen (secondary N) is 1. The molecule has 1 atom stereocenters. The molecular weight excluding hydrogens is 178 g/mol. The number of carbonyl (C=O) groups excluding carboxylic acids is 2. The van der Waals surface area contributed by atoms with E-state index in [0.29, 0.717) is 11.7 Å². The van der Waals surface area contributed by atoms with Crippen LogP contribution in [0.4, 0.5) is 0 Å². The number of Topliss-reactive ketones (excluding diaryl/α,β-unsaturated/α-hetero) is 1. The fourth-order valence-corrected chi connectivity index (χ4v) is 2.98. The quantitative estimate of drug-likeness (QED) is 0.529. The van der Waals surface area contributed by atoms with Gasteiger partial charge < -0.3 is 5.32 Å². The molecule has 1 saturated heterocycles. The van der Waals surface area contributed by atoms with Crippen molar-refractivity contribution in [2.75, 3.05) is 6.54 Å². The van der Waals surface area contributed by atoms with Gasteiger partial charge in [0.2, 0.25) is 5.78 Å². The minimum Gasteiger partial charge on any atom is -0.307 e. The summed E-state index contributed by atoms with van der Waals surface area (Å²) in [5.74, 6) is -0.268. The molecule has 1 aliphatic carbocycles. The van der Waals surface area contributed by atoms with Gasteiger partial charge in [-0.25, -0.2) is 0 Å². The van der Waals surface area contributed by atoms with Gasteiger partial charge in [-0.3, -0.25) is 9.59 Å². The minimum absolute atomic E-state index is 0.195. The molecule has 0 amide bonds. The maximum Gasteiger partial charge on any atom is 0.212 e. The average molecular weight is 195 g/mol. The van der Waals surface area contributed by atoms with Crippen molar-refractivity contribution >= 4 is 12.1 Å². The van der Waals surface area contributed by atoms with E-state index in [2.05, 4.69) is 5.32 Å².